The predicted octanol–water partition coefficient (Wildman–Crippen LogP) is 5.08. The minimum absolute atomic E-state index is 0.104. The van der Waals surface area contributed by atoms with Gasteiger partial charge in [-0.15, -0.1) is 0 Å². The van der Waals surface area contributed by atoms with Gasteiger partial charge in [-0.3, -0.25) is 4.79 Å². The number of ketones is 1. The molecule has 0 saturated carbocycles. The number of benzene rings is 2. The van der Waals surface area contributed by atoms with Gasteiger partial charge in [0.2, 0.25) is 5.78 Å². The van der Waals surface area contributed by atoms with Crippen LogP contribution in [0.3, 0.4) is 0 Å². The third-order valence-corrected chi connectivity index (χ3v) is 3.29. The van der Waals surface area contributed by atoms with Crippen LogP contribution in [0.1, 0.15) is 22.8 Å². The van der Waals surface area contributed by atoms with Gasteiger partial charge < -0.3 is 0 Å². The summed E-state index contributed by atoms with van der Waals surface area (Å²) in [5, 5.41) is 9.79. The van der Waals surface area contributed by atoms with E-state index < -0.39 is 0 Å². The highest BCUT2D eigenvalue weighted by Crippen LogP contribution is 2.15. The van der Waals surface area contributed by atoms with E-state index in [9.17, 15) is 10.1 Å². The topological polar surface area (TPSA) is 40.9 Å². The number of rotatable bonds is 4. The lowest BCUT2D eigenvalue weighted by Crippen LogP contribution is -2.01. The number of nitrogens with zero attached hydrogens (tertiary/aromatic N) is 1. The zero-order chi connectivity index (χ0) is 15.9. The number of carbonyl (C=O) groups is 1. The molecule has 0 spiro atoms. The van der Waals surface area contributed by atoms with Gasteiger partial charge in [0.1, 0.15) is 11.6 Å². The van der Waals surface area contributed by atoms with Gasteiger partial charge in [-0.25, -0.2) is 0 Å². The summed E-state index contributed by atoms with van der Waals surface area (Å²) in [7, 11) is 0. The summed E-state index contributed by atoms with van der Waals surface area (Å²) < 4.78 is 0. The van der Waals surface area contributed by atoms with Gasteiger partial charge in [-0.05, 0) is 48.4 Å². The van der Waals surface area contributed by atoms with Gasteiger partial charge in [-0.1, -0.05) is 48.0 Å². The fourth-order valence-corrected chi connectivity index (χ4v) is 2.11. The quantitative estimate of drug-likeness (QED) is 0.342. The molecule has 0 saturated heterocycles. The third kappa shape index (κ3) is 4.18. The molecule has 0 aliphatic carbocycles. The van der Waals surface area contributed by atoms with Gasteiger partial charge >= 0.3 is 0 Å². The average molecular weight is 308 g/mol. The highest BCUT2D eigenvalue weighted by Gasteiger charge is 2.11. The molecule has 2 aromatic rings. The molecule has 22 heavy (non-hydrogen) atoms. The molecule has 108 valence electrons. The Morgan fingerprint density at radius 2 is 1.73 bits per heavy atom. The minimum Gasteiger partial charge on any atom is -0.288 e. The molecule has 2 rings (SSSR count). The number of Topliss-reactive ketones (excluding diaryl/α,β-unsaturated/α-hetero) is 1. The van der Waals surface area contributed by atoms with Crippen molar-refractivity contribution >= 4 is 23.5 Å². The average Bonchev–Trinajstić information content (AvgIpc) is 2.53. The molecule has 0 amide bonds. The summed E-state index contributed by atoms with van der Waals surface area (Å²) >= 11 is 5.80. The first-order valence-electron chi connectivity index (χ1n) is 6.75. The SMILES string of the molecule is CC(=C\c1ccccc1)/C=C(\C#N)C(=O)c1ccc(Cl)cc1. The first kappa shape index (κ1) is 15.8. The summed E-state index contributed by atoms with van der Waals surface area (Å²) in [5.41, 5.74) is 2.41. The van der Waals surface area contributed by atoms with Gasteiger partial charge in [0, 0.05) is 10.6 Å². The Balaban J connectivity index is 2.27. The van der Waals surface area contributed by atoms with Crippen molar-refractivity contribution in [2.24, 2.45) is 0 Å². The smallest absolute Gasteiger partial charge is 0.203 e. The second kappa shape index (κ2) is 7.40. The Kier molecular flexibility index (Phi) is 5.30. The van der Waals surface area contributed by atoms with Crippen molar-refractivity contribution < 1.29 is 4.79 Å². The number of hydrogen-bond donors (Lipinski definition) is 0. The summed E-state index contributed by atoms with van der Waals surface area (Å²) in [6, 6.07) is 18.2. The van der Waals surface area contributed by atoms with E-state index in [2.05, 4.69) is 0 Å². The molecule has 0 heterocycles. The number of allylic oxidation sites excluding steroid dienone is 3. The number of carbonyl (C=O) groups excluding carboxylic acids is 1. The number of nitriles is 1. The lowest BCUT2D eigenvalue weighted by molar-refractivity contribution is 0.103. The van der Waals surface area contributed by atoms with Crippen molar-refractivity contribution in [3.05, 3.63) is 88.0 Å². The van der Waals surface area contributed by atoms with Crippen LogP contribution >= 0.6 is 11.6 Å². The van der Waals surface area contributed by atoms with Crippen LogP contribution in [0.4, 0.5) is 0 Å². The Bertz CT molecular complexity index is 765. The monoisotopic (exact) mass is 307 g/mol. The summed E-state index contributed by atoms with van der Waals surface area (Å²) in [6.45, 7) is 1.86. The largest absolute Gasteiger partial charge is 0.288 e. The molecular weight excluding hydrogens is 294 g/mol. The lowest BCUT2D eigenvalue weighted by atomic mass is 10.0. The lowest BCUT2D eigenvalue weighted by Gasteiger charge is -2.01. The van der Waals surface area contributed by atoms with E-state index in [1.165, 1.54) is 0 Å². The van der Waals surface area contributed by atoms with Gasteiger partial charge in [0.05, 0.1) is 0 Å². The maximum atomic E-state index is 12.3. The first-order valence-corrected chi connectivity index (χ1v) is 7.13. The number of halogens is 1. The van der Waals surface area contributed by atoms with Crippen molar-refractivity contribution in [3.8, 4) is 6.07 Å². The normalized spacial score (nSPS) is 11.9. The predicted molar refractivity (Wildman–Crippen MR) is 89.6 cm³/mol. The Morgan fingerprint density at radius 1 is 1.09 bits per heavy atom. The highest BCUT2D eigenvalue weighted by molar-refractivity contribution is 6.30. The summed E-state index contributed by atoms with van der Waals surface area (Å²) in [4.78, 5) is 12.3. The van der Waals surface area contributed by atoms with Gasteiger partial charge in [0.25, 0.3) is 0 Å². The molecule has 0 N–H and O–H groups in total. The van der Waals surface area contributed by atoms with Crippen LogP contribution in [-0.4, -0.2) is 5.78 Å². The van der Waals surface area contributed by atoms with Crippen molar-refractivity contribution in [2.45, 2.75) is 6.92 Å². The van der Waals surface area contributed by atoms with E-state index in [1.807, 2.05) is 49.4 Å². The van der Waals surface area contributed by atoms with E-state index in [4.69, 9.17) is 11.6 Å². The van der Waals surface area contributed by atoms with Crippen molar-refractivity contribution in [2.75, 3.05) is 0 Å². The summed E-state index contributed by atoms with van der Waals surface area (Å²) in [6.07, 6.45) is 3.52. The molecule has 0 unspecified atom stereocenters. The Morgan fingerprint density at radius 3 is 2.32 bits per heavy atom. The van der Waals surface area contributed by atoms with Crippen molar-refractivity contribution in [1.29, 1.82) is 5.26 Å². The van der Waals surface area contributed by atoms with Crippen LogP contribution in [0.15, 0.2) is 71.8 Å². The van der Waals surface area contributed by atoms with Crippen LogP contribution in [0.2, 0.25) is 5.02 Å². The van der Waals surface area contributed by atoms with E-state index in [0.29, 0.717) is 10.6 Å². The van der Waals surface area contributed by atoms with Crippen LogP contribution in [-0.2, 0) is 0 Å². The molecule has 0 aliphatic heterocycles. The second-order valence-corrected chi connectivity index (χ2v) is 5.24. The highest BCUT2D eigenvalue weighted by atomic mass is 35.5. The van der Waals surface area contributed by atoms with E-state index >= 15 is 0 Å². The van der Waals surface area contributed by atoms with Crippen LogP contribution in [0.5, 0.6) is 0 Å². The van der Waals surface area contributed by atoms with Crippen molar-refractivity contribution in [3.63, 3.8) is 0 Å². The third-order valence-electron chi connectivity index (χ3n) is 3.04. The van der Waals surface area contributed by atoms with Crippen LogP contribution < -0.4 is 0 Å². The van der Waals surface area contributed by atoms with Crippen molar-refractivity contribution in [1.82, 2.24) is 0 Å². The van der Waals surface area contributed by atoms with Gasteiger partial charge in [0.15, 0.2) is 0 Å². The Labute approximate surface area is 135 Å². The Hall–Kier alpha value is -2.63. The molecule has 0 atom stereocenters. The van der Waals surface area contributed by atoms with E-state index in [0.717, 1.165) is 11.1 Å². The maximum Gasteiger partial charge on any atom is 0.203 e. The van der Waals surface area contributed by atoms with Crippen LogP contribution in [0, 0.1) is 11.3 Å². The molecule has 0 radical (unpaired) electrons. The molecular formula is C19H14ClNO. The molecule has 0 aromatic heterocycles. The minimum atomic E-state index is -0.306. The molecule has 3 heteroatoms. The second-order valence-electron chi connectivity index (χ2n) is 4.80. The van der Waals surface area contributed by atoms with Gasteiger partial charge in [-0.2, -0.15) is 5.26 Å². The fourth-order valence-electron chi connectivity index (χ4n) is 1.99. The standard InChI is InChI=1S/C19H14ClNO/c1-14(11-15-5-3-2-4-6-15)12-17(13-21)19(22)16-7-9-18(20)10-8-16/h2-12H,1H3/b14-11+,17-12+. The molecule has 0 bridgehead atoms. The number of hydrogen-bond acceptors (Lipinski definition) is 2. The zero-order valence-corrected chi connectivity index (χ0v) is 12.8. The molecule has 0 aliphatic rings. The van der Waals surface area contributed by atoms with E-state index in [1.54, 1.807) is 30.3 Å². The zero-order valence-electron chi connectivity index (χ0n) is 12.1. The molecule has 2 aromatic carbocycles. The molecule has 0 fully saturated rings. The van der Waals surface area contributed by atoms with E-state index in [-0.39, 0.29) is 11.4 Å². The first-order chi connectivity index (χ1) is 10.6. The maximum absolute atomic E-state index is 12.3. The summed E-state index contributed by atoms with van der Waals surface area (Å²) in [5.74, 6) is -0.306. The molecule has 2 nitrogen and oxygen atoms in total. The van der Waals surface area contributed by atoms with Crippen LogP contribution in [0.25, 0.3) is 6.08 Å². The fraction of sp³-hybridized carbons (Fsp3) is 0.0526.